The van der Waals surface area contributed by atoms with E-state index >= 15 is 0 Å². The van der Waals surface area contributed by atoms with E-state index in [2.05, 4.69) is 4.18 Å². The smallest absolute Gasteiger partial charge is 0.274 e. The molecule has 0 unspecified atom stereocenters. The number of hydrogen-bond acceptors (Lipinski definition) is 7. The third kappa shape index (κ3) is 5.90. The van der Waals surface area contributed by atoms with E-state index in [9.17, 15) is 9.59 Å². The number of hydroxylamine groups is 1. The highest BCUT2D eigenvalue weighted by atomic mass is 32.3. The van der Waals surface area contributed by atoms with Crippen molar-refractivity contribution in [2.75, 3.05) is 6.54 Å². The fraction of sp³-hybridized carbons (Fsp3) is 0.846. The van der Waals surface area contributed by atoms with Crippen LogP contribution in [-0.2, 0) is 13.8 Å². The van der Waals surface area contributed by atoms with E-state index in [1.165, 1.54) is 5.48 Å². The summed E-state index contributed by atoms with van der Waals surface area (Å²) in [6, 6.07) is 0.0129. The van der Waals surface area contributed by atoms with Gasteiger partial charge in [-0.2, -0.15) is 0 Å². The summed E-state index contributed by atoms with van der Waals surface area (Å²) in [5.74, 6) is -2.50. The SMILES string of the molecule is CCCC[C@@H](C(=O)N1CCC[C@H]1C)[C@H](OS(O)(O)O)C(=O)NO. The summed E-state index contributed by atoms with van der Waals surface area (Å²) in [7, 11) is 0. The van der Waals surface area contributed by atoms with Crippen molar-refractivity contribution < 1.29 is 32.6 Å². The zero-order chi connectivity index (χ0) is 17.6. The van der Waals surface area contributed by atoms with Crippen molar-refractivity contribution in [2.24, 2.45) is 5.92 Å². The van der Waals surface area contributed by atoms with Gasteiger partial charge in [-0.05, 0) is 26.2 Å². The van der Waals surface area contributed by atoms with Crippen LogP contribution in [0.25, 0.3) is 0 Å². The van der Waals surface area contributed by atoms with E-state index in [1.54, 1.807) is 4.90 Å². The second-order valence-corrected chi connectivity index (χ2v) is 6.86. The average Bonchev–Trinajstić information content (AvgIpc) is 2.90. The molecule has 1 fully saturated rings. The molecule has 0 aromatic carbocycles. The molecule has 1 rings (SSSR count). The van der Waals surface area contributed by atoms with Crippen LogP contribution in [0.1, 0.15) is 46.0 Å². The molecular formula is C13H26N2O7S. The Labute approximate surface area is 137 Å². The first-order chi connectivity index (χ1) is 10.7. The van der Waals surface area contributed by atoms with Crippen molar-refractivity contribution in [3.63, 3.8) is 0 Å². The highest BCUT2D eigenvalue weighted by Gasteiger charge is 2.41. The van der Waals surface area contributed by atoms with Crippen molar-refractivity contribution >= 4 is 23.0 Å². The Hall–Kier alpha value is -0.910. The third-order valence-corrected chi connectivity index (χ3v) is 4.45. The Morgan fingerprint density at radius 1 is 1.39 bits per heavy atom. The van der Waals surface area contributed by atoms with Gasteiger partial charge in [-0.1, -0.05) is 19.8 Å². The van der Waals surface area contributed by atoms with Crippen LogP contribution >= 0.6 is 11.2 Å². The predicted molar refractivity (Wildman–Crippen MR) is 83.7 cm³/mol. The highest BCUT2D eigenvalue weighted by Crippen LogP contribution is 2.39. The van der Waals surface area contributed by atoms with Gasteiger partial charge >= 0.3 is 0 Å². The number of carbonyl (C=O) groups is 2. The lowest BCUT2D eigenvalue weighted by atomic mass is 9.93. The molecule has 136 valence electrons. The molecule has 0 radical (unpaired) electrons. The molecule has 3 atom stereocenters. The number of unbranched alkanes of at least 4 members (excludes halogenated alkanes) is 1. The van der Waals surface area contributed by atoms with Crippen LogP contribution in [0.15, 0.2) is 0 Å². The molecule has 0 bridgehead atoms. The van der Waals surface area contributed by atoms with Crippen LogP contribution in [0.2, 0.25) is 0 Å². The minimum absolute atomic E-state index is 0.0129. The topological polar surface area (TPSA) is 140 Å². The zero-order valence-electron chi connectivity index (χ0n) is 13.3. The van der Waals surface area contributed by atoms with E-state index < -0.39 is 29.1 Å². The van der Waals surface area contributed by atoms with Crippen molar-refractivity contribution in [1.82, 2.24) is 10.4 Å². The molecule has 9 nitrogen and oxygen atoms in total. The summed E-state index contributed by atoms with van der Waals surface area (Å²) in [5.41, 5.74) is 1.35. The highest BCUT2D eigenvalue weighted by molar-refractivity contribution is 8.15. The van der Waals surface area contributed by atoms with Gasteiger partial charge in [-0.25, -0.2) is 5.48 Å². The Kier molecular flexibility index (Phi) is 7.71. The van der Waals surface area contributed by atoms with Crippen LogP contribution in [0, 0.1) is 5.92 Å². The van der Waals surface area contributed by atoms with Crippen molar-refractivity contribution in [3.8, 4) is 0 Å². The van der Waals surface area contributed by atoms with Gasteiger partial charge in [0.1, 0.15) is 0 Å². The zero-order valence-corrected chi connectivity index (χ0v) is 14.2. The maximum absolute atomic E-state index is 12.8. The normalized spacial score (nSPS) is 21.8. The fourth-order valence-electron chi connectivity index (χ4n) is 2.80. The lowest BCUT2D eigenvalue weighted by Gasteiger charge is -2.33. The fourth-order valence-corrected chi connectivity index (χ4v) is 3.30. The van der Waals surface area contributed by atoms with E-state index in [1.807, 2.05) is 13.8 Å². The van der Waals surface area contributed by atoms with Crippen LogP contribution in [0.5, 0.6) is 0 Å². The van der Waals surface area contributed by atoms with Gasteiger partial charge in [0.05, 0.1) is 5.92 Å². The Morgan fingerprint density at radius 2 is 2.04 bits per heavy atom. The summed E-state index contributed by atoms with van der Waals surface area (Å²) in [4.78, 5) is 26.2. The van der Waals surface area contributed by atoms with Crippen LogP contribution in [-0.4, -0.2) is 54.3 Å². The second kappa shape index (κ2) is 8.81. The maximum atomic E-state index is 12.8. The molecule has 2 amide bonds. The lowest BCUT2D eigenvalue weighted by molar-refractivity contribution is -0.150. The third-order valence-electron chi connectivity index (χ3n) is 3.99. The number of likely N-dealkylation sites (tertiary alicyclic amines) is 1. The van der Waals surface area contributed by atoms with E-state index in [0.717, 1.165) is 19.3 Å². The quantitative estimate of drug-likeness (QED) is 0.331. The molecule has 1 aliphatic rings. The van der Waals surface area contributed by atoms with Crippen LogP contribution in [0.4, 0.5) is 0 Å². The number of carbonyl (C=O) groups excluding carboxylic acids is 2. The molecule has 1 aliphatic heterocycles. The maximum Gasteiger partial charge on any atom is 0.274 e. The van der Waals surface area contributed by atoms with Gasteiger partial charge in [-0.15, -0.1) is 0 Å². The molecule has 23 heavy (non-hydrogen) atoms. The van der Waals surface area contributed by atoms with Gasteiger partial charge in [0.25, 0.3) is 5.91 Å². The van der Waals surface area contributed by atoms with Crippen LogP contribution in [0.3, 0.4) is 0 Å². The molecular weight excluding hydrogens is 328 g/mol. The van der Waals surface area contributed by atoms with E-state index in [-0.39, 0.29) is 18.4 Å². The summed E-state index contributed by atoms with van der Waals surface area (Å²) >= 11 is -4.46. The molecule has 0 spiro atoms. The summed E-state index contributed by atoms with van der Waals surface area (Å²) in [5, 5.41) is 8.84. The van der Waals surface area contributed by atoms with E-state index in [4.69, 9.17) is 18.9 Å². The number of amides is 2. The van der Waals surface area contributed by atoms with Crippen LogP contribution < -0.4 is 5.48 Å². The summed E-state index contributed by atoms with van der Waals surface area (Å²) in [6.07, 6.45) is 1.61. The first-order valence-electron chi connectivity index (χ1n) is 7.64. The standard InChI is InChI=1S/C13H26N2O7S/c1-3-4-7-10(13(17)15-8-5-6-9(15)2)11(12(16)14-18)22-23(19,20)21/h9-11,18-21H,3-8H2,1-2H3,(H,14,16)/t9-,10-,11+/m1/s1. The van der Waals surface area contributed by atoms with Gasteiger partial charge < -0.3 is 4.90 Å². The largest absolute Gasteiger partial charge is 0.340 e. The summed E-state index contributed by atoms with van der Waals surface area (Å²) < 4.78 is 31.9. The lowest BCUT2D eigenvalue weighted by Crippen LogP contribution is -2.49. The number of nitrogens with one attached hydrogen (secondary N) is 1. The number of nitrogens with zero attached hydrogens (tertiary/aromatic N) is 1. The first-order valence-corrected chi connectivity index (χ1v) is 9.07. The van der Waals surface area contributed by atoms with Gasteiger partial charge in [0, 0.05) is 12.6 Å². The Bertz CT molecular complexity index is 416. The van der Waals surface area contributed by atoms with Gasteiger partial charge in [0.2, 0.25) is 17.1 Å². The average molecular weight is 354 g/mol. The second-order valence-electron chi connectivity index (χ2n) is 5.73. The monoisotopic (exact) mass is 354 g/mol. The molecule has 1 saturated heterocycles. The Balaban J connectivity index is 3.02. The molecule has 10 heteroatoms. The molecule has 0 aliphatic carbocycles. The number of hydrogen-bond donors (Lipinski definition) is 5. The molecule has 1 heterocycles. The van der Waals surface area contributed by atoms with Crippen molar-refractivity contribution in [2.45, 2.75) is 58.1 Å². The van der Waals surface area contributed by atoms with Crippen molar-refractivity contribution in [3.05, 3.63) is 0 Å². The summed E-state index contributed by atoms with van der Waals surface area (Å²) in [6.45, 7) is 4.34. The minimum atomic E-state index is -4.46. The molecule has 0 aromatic rings. The van der Waals surface area contributed by atoms with Gasteiger partial charge in [0.15, 0.2) is 6.10 Å². The predicted octanol–water partition coefficient (Wildman–Crippen LogP) is 1.83. The molecule has 0 saturated carbocycles. The Morgan fingerprint density at radius 3 is 2.48 bits per heavy atom. The molecule has 0 aromatic heterocycles. The van der Waals surface area contributed by atoms with E-state index in [0.29, 0.717) is 13.0 Å². The molecule has 5 N–H and O–H groups in total. The minimum Gasteiger partial charge on any atom is -0.340 e. The first kappa shape index (κ1) is 20.1. The number of rotatable bonds is 8. The van der Waals surface area contributed by atoms with Gasteiger partial charge in [-0.3, -0.25) is 32.6 Å². The van der Waals surface area contributed by atoms with Crippen molar-refractivity contribution in [1.29, 1.82) is 0 Å².